The zero-order chi connectivity index (χ0) is 8.69. The molecule has 64 valence electrons. The Hall–Kier alpha value is -1.10. The van der Waals surface area contributed by atoms with Crippen LogP contribution >= 0.6 is 0 Å². The zero-order valence-corrected chi connectivity index (χ0v) is 6.41. The molecule has 0 heterocycles. The van der Waals surface area contributed by atoms with E-state index in [1.807, 2.05) is 0 Å². The fourth-order valence-electron chi connectivity index (χ4n) is 0.471. The number of carboxylic acid groups (broad SMARTS) is 1. The van der Waals surface area contributed by atoms with Crippen molar-refractivity contribution in [2.24, 2.45) is 10.9 Å². The number of hydrogen-bond donors (Lipinski definition) is 2. The van der Waals surface area contributed by atoms with Gasteiger partial charge < -0.3 is 15.7 Å². The molecule has 0 aromatic heterocycles. The second-order valence-corrected chi connectivity index (χ2v) is 1.80. The zero-order valence-electron chi connectivity index (χ0n) is 6.41. The maximum Gasteiger partial charge on any atom is 0.353 e. The van der Waals surface area contributed by atoms with Crippen molar-refractivity contribution in [2.45, 2.75) is 13.3 Å². The molecule has 0 radical (unpaired) electrons. The van der Waals surface area contributed by atoms with Gasteiger partial charge in [-0.1, -0.05) is 5.16 Å². The van der Waals surface area contributed by atoms with E-state index in [9.17, 15) is 4.79 Å². The van der Waals surface area contributed by atoms with Gasteiger partial charge in [0.25, 0.3) is 0 Å². The predicted molar refractivity (Wildman–Crippen MR) is 40.4 cm³/mol. The third-order valence-electron chi connectivity index (χ3n) is 0.932. The molecule has 0 fully saturated rings. The highest BCUT2D eigenvalue weighted by Gasteiger charge is 2.07. The molecule has 5 heteroatoms. The Morgan fingerprint density at radius 3 is 2.73 bits per heavy atom. The standard InChI is InChI=1S/C6H12N2O3/c1-2-11-8-5(3-4-7)6(9)10/h2-4,7H2,1H3,(H,9,10)/b8-5-. The van der Waals surface area contributed by atoms with Crippen molar-refractivity contribution in [1.29, 1.82) is 0 Å². The average Bonchev–Trinajstić information content (AvgIpc) is 1.97. The smallest absolute Gasteiger partial charge is 0.353 e. The van der Waals surface area contributed by atoms with Gasteiger partial charge in [-0.05, 0) is 13.5 Å². The number of carbonyl (C=O) groups is 1. The summed E-state index contributed by atoms with van der Waals surface area (Å²) < 4.78 is 0. The number of aliphatic carboxylic acids is 1. The molecule has 0 aromatic rings. The van der Waals surface area contributed by atoms with Crippen molar-refractivity contribution in [1.82, 2.24) is 0 Å². The van der Waals surface area contributed by atoms with Gasteiger partial charge >= 0.3 is 5.97 Å². The summed E-state index contributed by atoms with van der Waals surface area (Å²) in [7, 11) is 0. The second-order valence-electron chi connectivity index (χ2n) is 1.80. The first-order valence-corrected chi connectivity index (χ1v) is 3.34. The predicted octanol–water partition coefficient (Wildman–Crippen LogP) is -0.188. The molecular formula is C6H12N2O3. The lowest BCUT2D eigenvalue weighted by Gasteiger charge is -1.97. The molecule has 11 heavy (non-hydrogen) atoms. The van der Waals surface area contributed by atoms with E-state index in [1.54, 1.807) is 6.92 Å². The van der Waals surface area contributed by atoms with Gasteiger partial charge in [0.15, 0.2) is 5.71 Å². The molecule has 0 rings (SSSR count). The molecule has 0 aliphatic heterocycles. The van der Waals surface area contributed by atoms with E-state index >= 15 is 0 Å². The minimum atomic E-state index is -1.08. The monoisotopic (exact) mass is 160 g/mol. The van der Waals surface area contributed by atoms with E-state index in [2.05, 4.69) is 9.99 Å². The molecule has 3 N–H and O–H groups in total. The van der Waals surface area contributed by atoms with Gasteiger partial charge in [0.2, 0.25) is 0 Å². The summed E-state index contributed by atoms with van der Waals surface area (Å²) in [5, 5.41) is 11.8. The van der Waals surface area contributed by atoms with Crippen LogP contribution in [0.1, 0.15) is 13.3 Å². The number of carboxylic acids is 1. The molecule has 0 saturated carbocycles. The van der Waals surface area contributed by atoms with E-state index in [0.29, 0.717) is 6.61 Å². The van der Waals surface area contributed by atoms with Crippen LogP contribution in [0.15, 0.2) is 5.16 Å². The first kappa shape index (κ1) is 9.90. The van der Waals surface area contributed by atoms with Crippen LogP contribution in [0.2, 0.25) is 0 Å². The largest absolute Gasteiger partial charge is 0.477 e. The number of hydrogen-bond acceptors (Lipinski definition) is 4. The molecule has 0 aliphatic rings. The first-order chi connectivity index (χ1) is 5.22. The number of nitrogens with two attached hydrogens (primary N) is 1. The topological polar surface area (TPSA) is 84.9 Å². The molecule has 0 unspecified atom stereocenters. The van der Waals surface area contributed by atoms with Crippen molar-refractivity contribution in [3.8, 4) is 0 Å². The Kier molecular flexibility index (Phi) is 5.10. The summed E-state index contributed by atoms with van der Waals surface area (Å²) in [5.74, 6) is -1.08. The molecule has 0 atom stereocenters. The summed E-state index contributed by atoms with van der Waals surface area (Å²) in [4.78, 5) is 14.9. The van der Waals surface area contributed by atoms with Crippen LogP contribution in [0, 0.1) is 0 Å². The molecule has 5 nitrogen and oxygen atoms in total. The molecule has 0 amide bonds. The van der Waals surface area contributed by atoms with Gasteiger partial charge in [0.05, 0.1) is 0 Å². The summed E-state index contributed by atoms with van der Waals surface area (Å²) in [6.45, 7) is 2.35. The van der Waals surface area contributed by atoms with Crippen molar-refractivity contribution >= 4 is 11.7 Å². The maximum absolute atomic E-state index is 10.3. The molecule has 0 aromatic carbocycles. The second kappa shape index (κ2) is 5.67. The van der Waals surface area contributed by atoms with Crippen LogP contribution in [0.25, 0.3) is 0 Å². The Bertz CT molecular complexity index is 156. The highest BCUT2D eigenvalue weighted by molar-refractivity contribution is 6.35. The molecule has 0 bridgehead atoms. The van der Waals surface area contributed by atoms with Gasteiger partial charge in [-0.3, -0.25) is 0 Å². The highest BCUT2D eigenvalue weighted by atomic mass is 16.6. The number of rotatable bonds is 5. The van der Waals surface area contributed by atoms with Crippen molar-refractivity contribution in [2.75, 3.05) is 13.2 Å². The van der Waals surface area contributed by atoms with Crippen LogP contribution < -0.4 is 5.73 Å². The van der Waals surface area contributed by atoms with E-state index in [1.165, 1.54) is 0 Å². The quantitative estimate of drug-likeness (QED) is 0.431. The Morgan fingerprint density at radius 1 is 1.73 bits per heavy atom. The third kappa shape index (κ3) is 4.32. The van der Waals surface area contributed by atoms with E-state index in [0.717, 1.165) is 0 Å². The summed E-state index contributed by atoms with van der Waals surface area (Å²) in [6.07, 6.45) is 0.231. The van der Waals surface area contributed by atoms with Crippen LogP contribution in [-0.4, -0.2) is 29.9 Å². The average molecular weight is 160 g/mol. The van der Waals surface area contributed by atoms with Crippen molar-refractivity contribution < 1.29 is 14.7 Å². The summed E-state index contributed by atoms with van der Waals surface area (Å²) in [5.41, 5.74) is 5.11. The van der Waals surface area contributed by atoms with Gasteiger partial charge in [-0.25, -0.2) is 4.79 Å². The van der Waals surface area contributed by atoms with Gasteiger partial charge in [0, 0.05) is 6.42 Å². The normalized spacial score (nSPS) is 11.3. The maximum atomic E-state index is 10.3. The molecular weight excluding hydrogens is 148 g/mol. The fourth-order valence-corrected chi connectivity index (χ4v) is 0.471. The van der Waals surface area contributed by atoms with Gasteiger partial charge in [-0.2, -0.15) is 0 Å². The molecule has 0 aliphatic carbocycles. The molecule has 0 spiro atoms. The van der Waals surface area contributed by atoms with Crippen LogP contribution in [0.5, 0.6) is 0 Å². The lowest BCUT2D eigenvalue weighted by Crippen LogP contribution is -2.17. The van der Waals surface area contributed by atoms with Crippen LogP contribution in [0.4, 0.5) is 0 Å². The molecule has 0 saturated heterocycles. The van der Waals surface area contributed by atoms with E-state index in [4.69, 9.17) is 10.8 Å². The van der Waals surface area contributed by atoms with E-state index in [-0.39, 0.29) is 18.7 Å². The Labute approximate surface area is 64.8 Å². The first-order valence-electron chi connectivity index (χ1n) is 3.34. The van der Waals surface area contributed by atoms with E-state index < -0.39 is 5.97 Å². The van der Waals surface area contributed by atoms with Crippen molar-refractivity contribution in [3.63, 3.8) is 0 Å². The number of oxime groups is 1. The lowest BCUT2D eigenvalue weighted by atomic mass is 10.3. The minimum Gasteiger partial charge on any atom is -0.477 e. The Morgan fingerprint density at radius 2 is 2.36 bits per heavy atom. The summed E-state index contributed by atoms with van der Waals surface area (Å²) in [6, 6.07) is 0. The van der Waals surface area contributed by atoms with Gasteiger partial charge in [-0.15, -0.1) is 0 Å². The van der Waals surface area contributed by atoms with Crippen LogP contribution in [-0.2, 0) is 9.63 Å². The van der Waals surface area contributed by atoms with Crippen molar-refractivity contribution in [3.05, 3.63) is 0 Å². The Balaban J connectivity index is 3.97. The fraction of sp³-hybridized carbons (Fsp3) is 0.667. The highest BCUT2D eigenvalue weighted by Crippen LogP contribution is 1.87. The van der Waals surface area contributed by atoms with Crippen LogP contribution in [0.3, 0.4) is 0 Å². The minimum absolute atomic E-state index is 0.0330. The van der Waals surface area contributed by atoms with Gasteiger partial charge in [0.1, 0.15) is 6.61 Å². The summed E-state index contributed by atoms with van der Waals surface area (Å²) >= 11 is 0. The third-order valence-corrected chi connectivity index (χ3v) is 0.932. The number of nitrogens with zero attached hydrogens (tertiary/aromatic N) is 1. The SMILES string of the molecule is CCO/N=C(/CCN)C(=O)O. The lowest BCUT2D eigenvalue weighted by molar-refractivity contribution is -0.129.